The Balaban J connectivity index is 1.93. The van der Waals surface area contributed by atoms with Gasteiger partial charge in [0, 0.05) is 12.7 Å². The average molecular weight is 270 g/mol. The lowest BCUT2D eigenvalue weighted by Gasteiger charge is -2.10. The molecule has 0 aliphatic carbocycles. The van der Waals surface area contributed by atoms with Gasteiger partial charge in [0.1, 0.15) is 12.4 Å². The van der Waals surface area contributed by atoms with Gasteiger partial charge in [-0.3, -0.25) is 4.98 Å². The molecule has 1 heterocycles. The number of rotatable bonds is 6. The van der Waals surface area contributed by atoms with Crippen LogP contribution in [0.5, 0.6) is 5.75 Å². The van der Waals surface area contributed by atoms with Gasteiger partial charge in [0.05, 0.1) is 5.69 Å². The lowest BCUT2D eigenvalue weighted by molar-refractivity contribution is 0.301. The number of aromatic nitrogens is 1. The Kier molecular flexibility index (Phi) is 5.13. The minimum absolute atomic E-state index is 0.480. The van der Waals surface area contributed by atoms with Crippen molar-refractivity contribution in [1.82, 2.24) is 4.98 Å². The zero-order chi connectivity index (χ0) is 14.4. The third kappa shape index (κ3) is 3.81. The number of nitrogens with zero attached hydrogens (tertiary/aromatic N) is 1. The summed E-state index contributed by atoms with van der Waals surface area (Å²) in [5.41, 5.74) is 8.84. The highest BCUT2D eigenvalue weighted by Crippen LogP contribution is 2.21. The van der Waals surface area contributed by atoms with Crippen LogP contribution in [0, 0.1) is 0 Å². The van der Waals surface area contributed by atoms with Gasteiger partial charge in [-0.15, -0.1) is 0 Å². The monoisotopic (exact) mass is 270 g/mol. The molecule has 0 bridgehead atoms. The summed E-state index contributed by atoms with van der Waals surface area (Å²) in [6.07, 6.45) is 2.95. The van der Waals surface area contributed by atoms with E-state index >= 15 is 0 Å². The molecule has 2 aromatic rings. The highest BCUT2D eigenvalue weighted by Gasteiger charge is 2.03. The zero-order valence-electron chi connectivity index (χ0n) is 12.2. The van der Waals surface area contributed by atoms with Crippen LogP contribution < -0.4 is 10.5 Å². The largest absolute Gasteiger partial charge is 0.487 e. The van der Waals surface area contributed by atoms with Crippen LogP contribution in [-0.4, -0.2) is 4.98 Å². The average Bonchev–Trinajstić information content (AvgIpc) is 2.53. The molecule has 20 heavy (non-hydrogen) atoms. The standard InChI is InChI=1S/C17H22N2O/c1-3-13(2)15-5-8-17(9-6-15)20-12-16-7-4-14(10-18)11-19-16/h4-9,11,13H,3,10,12,18H2,1-2H3. The molecule has 0 saturated carbocycles. The molecular weight excluding hydrogens is 248 g/mol. The molecule has 1 aromatic heterocycles. The predicted molar refractivity (Wildman–Crippen MR) is 81.6 cm³/mol. The van der Waals surface area contributed by atoms with Gasteiger partial charge in [-0.25, -0.2) is 0 Å². The molecule has 0 aliphatic heterocycles. The number of hydrogen-bond donors (Lipinski definition) is 1. The third-order valence-corrected chi connectivity index (χ3v) is 3.57. The molecule has 0 radical (unpaired) electrons. The van der Waals surface area contributed by atoms with Crippen LogP contribution >= 0.6 is 0 Å². The number of pyridine rings is 1. The van der Waals surface area contributed by atoms with E-state index in [4.69, 9.17) is 10.5 Å². The van der Waals surface area contributed by atoms with Crippen molar-refractivity contribution in [2.24, 2.45) is 5.73 Å². The number of benzene rings is 1. The van der Waals surface area contributed by atoms with Crippen LogP contribution in [-0.2, 0) is 13.2 Å². The molecule has 106 valence electrons. The molecule has 3 nitrogen and oxygen atoms in total. The smallest absolute Gasteiger partial charge is 0.130 e. The number of hydrogen-bond acceptors (Lipinski definition) is 3. The Morgan fingerprint density at radius 1 is 1.15 bits per heavy atom. The zero-order valence-corrected chi connectivity index (χ0v) is 12.2. The van der Waals surface area contributed by atoms with E-state index in [9.17, 15) is 0 Å². The summed E-state index contributed by atoms with van der Waals surface area (Å²) in [5.74, 6) is 1.47. The first-order valence-electron chi connectivity index (χ1n) is 7.09. The van der Waals surface area contributed by atoms with Crippen molar-refractivity contribution < 1.29 is 4.74 Å². The van der Waals surface area contributed by atoms with Crippen LogP contribution in [0.25, 0.3) is 0 Å². The number of ether oxygens (including phenoxy) is 1. The molecule has 1 aromatic carbocycles. The van der Waals surface area contributed by atoms with Crippen molar-refractivity contribution in [3.8, 4) is 5.75 Å². The van der Waals surface area contributed by atoms with Crippen LogP contribution in [0.15, 0.2) is 42.6 Å². The Labute approximate surface area is 120 Å². The topological polar surface area (TPSA) is 48.1 Å². The third-order valence-electron chi connectivity index (χ3n) is 3.57. The first-order valence-corrected chi connectivity index (χ1v) is 7.09. The van der Waals surface area contributed by atoms with Crippen LogP contribution in [0.4, 0.5) is 0 Å². The Morgan fingerprint density at radius 3 is 2.45 bits per heavy atom. The lowest BCUT2D eigenvalue weighted by Crippen LogP contribution is -2.01. The Morgan fingerprint density at radius 2 is 1.90 bits per heavy atom. The first-order chi connectivity index (χ1) is 9.72. The Bertz CT molecular complexity index is 520. The molecule has 0 aliphatic rings. The molecule has 0 amide bonds. The van der Waals surface area contributed by atoms with Crippen LogP contribution in [0.2, 0.25) is 0 Å². The fraction of sp³-hybridized carbons (Fsp3) is 0.353. The van der Waals surface area contributed by atoms with E-state index in [0.29, 0.717) is 19.1 Å². The SMILES string of the molecule is CCC(C)c1ccc(OCc2ccc(CN)cn2)cc1. The van der Waals surface area contributed by atoms with Crippen molar-refractivity contribution in [2.75, 3.05) is 0 Å². The molecule has 0 fully saturated rings. The van der Waals surface area contributed by atoms with E-state index in [2.05, 4.69) is 31.0 Å². The van der Waals surface area contributed by atoms with Crippen molar-refractivity contribution >= 4 is 0 Å². The van der Waals surface area contributed by atoms with Crippen molar-refractivity contribution in [2.45, 2.75) is 39.3 Å². The highest BCUT2D eigenvalue weighted by atomic mass is 16.5. The summed E-state index contributed by atoms with van der Waals surface area (Å²) < 4.78 is 5.74. The van der Waals surface area contributed by atoms with Gasteiger partial charge in [-0.1, -0.05) is 32.0 Å². The highest BCUT2D eigenvalue weighted by molar-refractivity contribution is 5.29. The maximum Gasteiger partial charge on any atom is 0.130 e. The van der Waals surface area contributed by atoms with Crippen LogP contribution in [0.3, 0.4) is 0 Å². The summed E-state index contributed by atoms with van der Waals surface area (Å²) >= 11 is 0. The quantitative estimate of drug-likeness (QED) is 0.872. The molecule has 1 atom stereocenters. The second-order valence-corrected chi connectivity index (χ2v) is 5.03. The molecule has 2 N–H and O–H groups in total. The predicted octanol–water partition coefficient (Wildman–Crippen LogP) is 3.63. The van der Waals surface area contributed by atoms with E-state index in [1.54, 1.807) is 6.20 Å². The van der Waals surface area contributed by atoms with E-state index < -0.39 is 0 Å². The van der Waals surface area contributed by atoms with Gasteiger partial charge in [0.25, 0.3) is 0 Å². The lowest BCUT2D eigenvalue weighted by atomic mass is 9.99. The minimum atomic E-state index is 0.480. The number of nitrogens with two attached hydrogens (primary N) is 1. The van der Waals surface area contributed by atoms with E-state index in [1.165, 1.54) is 5.56 Å². The van der Waals surface area contributed by atoms with Crippen molar-refractivity contribution in [3.05, 3.63) is 59.4 Å². The van der Waals surface area contributed by atoms with Gasteiger partial charge in [0.15, 0.2) is 0 Å². The minimum Gasteiger partial charge on any atom is -0.487 e. The molecule has 2 rings (SSSR count). The van der Waals surface area contributed by atoms with Gasteiger partial charge in [0.2, 0.25) is 0 Å². The fourth-order valence-electron chi connectivity index (χ4n) is 1.95. The fourth-order valence-corrected chi connectivity index (χ4v) is 1.95. The second-order valence-electron chi connectivity index (χ2n) is 5.03. The molecule has 0 spiro atoms. The van der Waals surface area contributed by atoms with Crippen LogP contribution in [0.1, 0.15) is 43.0 Å². The van der Waals surface area contributed by atoms with Crippen molar-refractivity contribution in [1.29, 1.82) is 0 Å². The molecule has 1 unspecified atom stereocenters. The molecule has 3 heteroatoms. The maximum atomic E-state index is 5.74. The summed E-state index contributed by atoms with van der Waals surface area (Å²) in [4.78, 5) is 4.32. The van der Waals surface area contributed by atoms with Gasteiger partial charge >= 0.3 is 0 Å². The summed E-state index contributed by atoms with van der Waals surface area (Å²) in [5, 5.41) is 0. The van der Waals surface area contributed by atoms with Gasteiger partial charge < -0.3 is 10.5 Å². The van der Waals surface area contributed by atoms with Gasteiger partial charge in [-0.05, 0) is 41.7 Å². The molecule has 0 saturated heterocycles. The summed E-state index contributed by atoms with van der Waals surface area (Å²) in [6.45, 7) is 5.43. The maximum absolute atomic E-state index is 5.74. The summed E-state index contributed by atoms with van der Waals surface area (Å²) in [6, 6.07) is 12.3. The summed E-state index contributed by atoms with van der Waals surface area (Å²) in [7, 11) is 0. The van der Waals surface area contributed by atoms with Gasteiger partial charge in [-0.2, -0.15) is 0 Å². The van der Waals surface area contributed by atoms with E-state index in [1.807, 2.05) is 24.3 Å². The second kappa shape index (κ2) is 7.06. The van der Waals surface area contributed by atoms with E-state index in [-0.39, 0.29) is 0 Å². The Hall–Kier alpha value is -1.87. The van der Waals surface area contributed by atoms with Crippen molar-refractivity contribution in [3.63, 3.8) is 0 Å². The first kappa shape index (κ1) is 14.5. The van der Waals surface area contributed by atoms with E-state index in [0.717, 1.165) is 23.4 Å². The normalized spacial score (nSPS) is 12.2. The molecular formula is C17H22N2O.